The smallest absolute Gasteiger partial charge is 0.318 e. The van der Waals surface area contributed by atoms with E-state index in [0.717, 1.165) is 31.6 Å². The van der Waals surface area contributed by atoms with Gasteiger partial charge in [0.05, 0.1) is 13.2 Å². The van der Waals surface area contributed by atoms with Crippen LogP contribution in [0.15, 0.2) is 24.3 Å². The van der Waals surface area contributed by atoms with E-state index in [2.05, 4.69) is 11.2 Å². The molecule has 1 aromatic rings. The minimum absolute atomic E-state index is 0.107. The fourth-order valence-electron chi connectivity index (χ4n) is 2.54. The predicted octanol–water partition coefficient (Wildman–Crippen LogP) is 2.57. The van der Waals surface area contributed by atoms with E-state index >= 15 is 0 Å². The van der Waals surface area contributed by atoms with Gasteiger partial charge in [-0.05, 0) is 31.2 Å². The molecule has 118 valence electrons. The first-order valence-corrected chi connectivity index (χ1v) is 7.78. The van der Waals surface area contributed by atoms with E-state index in [4.69, 9.17) is 11.2 Å². The van der Waals surface area contributed by atoms with Crippen molar-refractivity contribution in [2.24, 2.45) is 5.92 Å². The van der Waals surface area contributed by atoms with Crippen LogP contribution in [0.1, 0.15) is 24.0 Å². The van der Waals surface area contributed by atoms with Gasteiger partial charge in [0.15, 0.2) is 0 Å². The Morgan fingerprint density at radius 2 is 2.23 bits per heavy atom. The molecular weight excluding hydrogens is 276 g/mol. The molecule has 0 saturated carbocycles. The third-order valence-corrected chi connectivity index (χ3v) is 3.86. The summed E-state index contributed by atoms with van der Waals surface area (Å²) in [6.07, 6.45) is 7.56. The molecule has 1 saturated heterocycles. The molecule has 0 aliphatic carbocycles. The maximum Gasteiger partial charge on any atom is 0.318 e. The van der Waals surface area contributed by atoms with Crippen molar-refractivity contribution in [3.05, 3.63) is 35.4 Å². The molecule has 0 radical (unpaired) electrons. The molecule has 4 nitrogen and oxygen atoms in total. The number of carbonyl (C=O) groups is 1. The minimum atomic E-state index is -0.107. The van der Waals surface area contributed by atoms with Gasteiger partial charge < -0.3 is 15.0 Å². The summed E-state index contributed by atoms with van der Waals surface area (Å²) in [6.45, 7) is 5.09. The summed E-state index contributed by atoms with van der Waals surface area (Å²) in [5, 5.41) is 2.98. The van der Waals surface area contributed by atoms with Crippen molar-refractivity contribution in [1.82, 2.24) is 10.2 Å². The lowest BCUT2D eigenvalue weighted by Crippen LogP contribution is -2.42. The highest BCUT2D eigenvalue weighted by atomic mass is 16.5. The Balaban J connectivity index is 1.87. The number of aryl methyl sites for hydroxylation is 1. The Morgan fingerprint density at radius 1 is 1.45 bits per heavy atom. The topological polar surface area (TPSA) is 41.6 Å². The molecule has 2 rings (SSSR count). The predicted molar refractivity (Wildman–Crippen MR) is 87.4 cm³/mol. The zero-order chi connectivity index (χ0) is 15.8. The highest BCUT2D eigenvalue weighted by Crippen LogP contribution is 2.12. The molecule has 0 bridgehead atoms. The van der Waals surface area contributed by atoms with Crippen LogP contribution >= 0.6 is 0 Å². The number of rotatable bonds is 5. The van der Waals surface area contributed by atoms with Gasteiger partial charge in [0.25, 0.3) is 0 Å². The fourth-order valence-corrected chi connectivity index (χ4v) is 2.54. The number of nitrogens with zero attached hydrogens (tertiary/aromatic N) is 1. The van der Waals surface area contributed by atoms with E-state index in [1.54, 1.807) is 4.90 Å². The summed E-state index contributed by atoms with van der Waals surface area (Å²) >= 11 is 0. The summed E-state index contributed by atoms with van der Waals surface area (Å²) in [7, 11) is 0. The molecule has 1 aliphatic heterocycles. The lowest BCUT2D eigenvalue weighted by molar-refractivity contribution is 0.0552. The minimum Gasteiger partial charge on any atom is -0.381 e. The third-order valence-electron chi connectivity index (χ3n) is 3.86. The number of ether oxygens (including phenoxy) is 1. The molecule has 0 spiro atoms. The van der Waals surface area contributed by atoms with Crippen LogP contribution in [-0.4, -0.2) is 37.2 Å². The van der Waals surface area contributed by atoms with Crippen molar-refractivity contribution < 1.29 is 9.53 Å². The first-order valence-electron chi connectivity index (χ1n) is 7.78. The van der Waals surface area contributed by atoms with Gasteiger partial charge in [-0.15, -0.1) is 6.42 Å². The van der Waals surface area contributed by atoms with Crippen LogP contribution in [0.25, 0.3) is 0 Å². The normalized spacial score (nSPS) is 17.5. The molecule has 1 fully saturated rings. The molecule has 0 unspecified atom stereocenters. The standard InChI is InChI=1S/C18H24N2O2/c1-3-10-20(13-16-8-6-15(2)7-9-16)18(21)19-12-17-5-4-11-22-14-17/h1,6-9,17H,4-5,10-14H2,2H3,(H,19,21)/t17-/m1/s1. The zero-order valence-electron chi connectivity index (χ0n) is 13.2. The van der Waals surface area contributed by atoms with Crippen molar-refractivity contribution in [2.75, 3.05) is 26.3 Å². The lowest BCUT2D eigenvalue weighted by atomic mass is 10.0. The fraction of sp³-hybridized carbons (Fsp3) is 0.500. The van der Waals surface area contributed by atoms with Crippen LogP contribution in [-0.2, 0) is 11.3 Å². The number of benzene rings is 1. The SMILES string of the molecule is C#CCN(Cc1ccc(C)cc1)C(=O)NC[C@H]1CCCOC1. The van der Waals surface area contributed by atoms with Crippen molar-refractivity contribution >= 4 is 6.03 Å². The van der Waals surface area contributed by atoms with Crippen LogP contribution in [0.2, 0.25) is 0 Å². The van der Waals surface area contributed by atoms with Crippen molar-refractivity contribution in [1.29, 1.82) is 0 Å². The first kappa shape index (κ1) is 16.4. The Hall–Kier alpha value is -1.99. The quantitative estimate of drug-likeness (QED) is 0.849. The molecule has 0 aromatic heterocycles. The molecule has 4 heteroatoms. The van der Waals surface area contributed by atoms with Crippen LogP contribution in [0, 0.1) is 25.2 Å². The van der Waals surface area contributed by atoms with Gasteiger partial charge >= 0.3 is 6.03 Å². The maximum atomic E-state index is 12.3. The molecule has 1 aliphatic rings. The second kappa shape index (κ2) is 8.45. The number of terminal acetylenes is 1. The number of hydrogen-bond acceptors (Lipinski definition) is 2. The summed E-state index contributed by atoms with van der Waals surface area (Å²) < 4.78 is 5.43. The van der Waals surface area contributed by atoms with Crippen LogP contribution in [0.4, 0.5) is 4.79 Å². The summed E-state index contributed by atoms with van der Waals surface area (Å²) in [5.41, 5.74) is 2.28. The van der Waals surface area contributed by atoms with E-state index in [-0.39, 0.29) is 6.03 Å². The molecule has 22 heavy (non-hydrogen) atoms. The largest absolute Gasteiger partial charge is 0.381 e. The van der Waals surface area contributed by atoms with Crippen molar-refractivity contribution in [2.45, 2.75) is 26.3 Å². The lowest BCUT2D eigenvalue weighted by Gasteiger charge is -2.25. The van der Waals surface area contributed by atoms with Crippen LogP contribution in [0.3, 0.4) is 0 Å². The number of urea groups is 1. The highest BCUT2D eigenvalue weighted by Gasteiger charge is 2.17. The van der Waals surface area contributed by atoms with Gasteiger partial charge in [-0.2, -0.15) is 0 Å². The summed E-state index contributed by atoms with van der Waals surface area (Å²) in [6, 6.07) is 8.04. The summed E-state index contributed by atoms with van der Waals surface area (Å²) in [4.78, 5) is 14.0. The molecule has 1 atom stereocenters. The van der Waals surface area contributed by atoms with Gasteiger partial charge in [-0.3, -0.25) is 0 Å². The van der Waals surface area contributed by atoms with Gasteiger partial charge in [0, 0.05) is 19.7 Å². The molecule has 1 aromatic carbocycles. The molecule has 2 amide bonds. The average Bonchev–Trinajstić information content (AvgIpc) is 2.55. The van der Waals surface area contributed by atoms with Crippen molar-refractivity contribution in [3.8, 4) is 12.3 Å². The van der Waals surface area contributed by atoms with Gasteiger partial charge in [-0.25, -0.2) is 4.79 Å². The average molecular weight is 300 g/mol. The molecule has 1 heterocycles. The summed E-state index contributed by atoms with van der Waals surface area (Å²) in [5.74, 6) is 2.97. The number of carbonyl (C=O) groups excluding carboxylic acids is 1. The van der Waals surface area contributed by atoms with E-state index in [1.807, 2.05) is 31.2 Å². The third kappa shape index (κ3) is 5.09. The Bertz CT molecular complexity index is 513. The highest BCUT2D eigenvalue weighted by molar-refractivity contribution is 5.74. The van der Waals surface area contributed by atoms with Gasteiger partial charge in [-0.1, -0.05) is 35.7 Å². The molecule has 1 N–H and O–H groups in total. The number of amides is 2. The van der Waals surface area contributed by atoms with E-state index in [1.165, 1.54) is 5.56 Å². The van der Waals surface area contributed by atoms with Gasteiger partial charge in [0.2, 0.25) is 0 Å². The van der Waals surface area contributed by atoms with E-state index < -0.39 is 0 Å². The van der Waals surface area contributed by atoms with Crippen LogP contribution in [0.5, 0.6) is 0 Å². The number of nitrogens with one attached hydrogen (secondary N) is 1. The second-order valence-electron chi connectivity index (χ2n) is 5.82. The van der Waals surface area contributed by atoms with E-state index in [0.29, 0.717) is 25.6 Å². The Labute approximate surface area is 132 Å². The molecular formula is C18H24N2O2. The number of hydrogen-bond donors (Lipinski definition) is 1. The zero-order valence-corrected chi connectivity index (χ0v) is 13.2. The Kier molecular flexibility index (Phi) is 6.29. The van der Waals surface area contributed by atoms with Crippen molar-refractivity contribution in [3.63, 3.8) is 0 Å². The van der Waals surface area contributed by atoms with Gasteiger partial charge in [0.1, 0.15) is 0 Å². The maximum absolute atomic E-state index is 12.3. The first-order chi connectivity index (χ1) is 10.7. The van der Waals surface area contributed by atoms with E-state index in [9.17, 15) is 4.79 Å². The second-order valence-corrected chi connectivity index (χ2v) is 5.82. The monoisotopic (exact) mass is 300 g/mol. The van der Waals surface area contributed by atoms with Crippen LogP contribution < -0.4 is 5.32 Å². The Morgan fingerprint density at radius 3 is 2.86 bits per heavy atom.